The van der Waals surface area contributed by atoms with E-state index in [0.29, 0.717) is 36.5 Å². The Morgan fingerprint density at radius 3 is 2.73 bits per heavy atom. The molecule has 0 spiro atoms. The number of rotatable bonds is 4. The van der Waals surface area contributed by atoms with Gasteiger partial charge in [-0.15, -0.1) is 0 Å². The highest BCUT2D eigenvalue weighted by atomic mass is 32.2. The molecule has 0 aromatic carbocycles. The lowest BCUT2D eigenvalue weighted by Gasteiger charge is -2.30. The van der Waals surface area contributed by atoms with Crippen molar-refractivity contribution in [1.82, 2.24) is 23.5 Å². The van der Waals surface area contributed by atoms with Crippen molar-refractivity contribution in [2.75, 3.05) is 27.2 Å². The van der Waals surface area contributed by atoms with Crippen LogP contribution in [0, 0.1) is 0 Å². The van der Waals surface area contributed by atoms with Crippen LogP contribution in [0.25, 0.3) is 0 Å². The molecule has 1 fully saturated rings. The summed E-state index contributed by atoms with van der Waals surface area (Å²) in [5.41, 5.74) is 0.782. The van der Waals surface area contributed by atoms with Crippen molar-refractivity contribution >= 4 is 16.1 Å². The number of carbonyl (C=O) groups is 1. The van der Waals surface area contributed by atoms with Crippen LogP contribution < -0.4 is 5.56 Å². The van der Waals surface area contributed by atoms with E-state index in [4.69, 9.17) is 0 Å². The maximum absolute atomic E-state index is 12.5. The van der Waals surface area contributed by atoms with E-state index in [9.17, 15) is 18.0 Å². The van der Waals surface area contributed by atoms with E-state index in [0.717, 1.165) is 17.1 Å². The van der Waals surface area contributed by atoms with Gasteiger partial charge in [0, 0.05) is 39.2 Å². The van der Waals surface area contributed by atoms with Gasteiger partial charge in [-0.3, -0.25) is 9.59 Å². The fraction of sp³-hybridized carbons (Fsp3) is 0.688. The predicted molar refractivity (Wildman–Crippen MR) is 95.6 cm³/mol. The first-order valence-corrected chi connectivity index (χ1v) is 10.2. The first-order valence-electron chi connectivity index (χ1n) is 8.84. The molecular weight excluding hydrogens is 358 g/mol. The fourth-order valence-corrected chi connectivity index (χ4v) is 4.64. The van der Waals surface area contributed by atoms with Gasteiger partial charge in [-0.05, 0) is 19.3 Å². The van der Waals surface area contributed by atoms with Crippen LogP contribution in [-0.4, -0.2) is 65.0 Å². The Labute approximate surface area is 153 Å². The highest BCUT2D eigenvalue weighted by Gasteiger charge is 2.34. The van der Waals surface area contributed by atoms with E-state index in [1.165, 1.54) is 18.4 Å². The number of H-pyrrole nitrogens is 1. The number of aromatic amines is 1. The smallest absolute Gasteiger partial charge is 0.281 e. The van der Waals surface area contributed by atoms with Crippen molar-refractivity contribution < 1.29 is 13.2 Å². The summed E-state index contributed by atoms with van der Waals surface area (Å²) in [6.45, 7) is 2.78. The van der Waals surface area contributed by atoms with Crippen molar-refractivity contribution in [2.45, 2.75) is 45.2 Å². The molecule has 2 aliphatic rings. The minimum absolute atomic E-state index is 0.0321. The quantitative estimate of drug-likeness (QED) is 0.788. The molecule has 144 valence electrons. The van der Waals surface area contributed by atoms with E-state index >= 15 is 0 Å². The average Bonchev–Trinajstić information content (AvgIpc) is 3.10. The molecule has 0 aliphatic carbocycles. The molecule has 1 saturated heterocycles. The average molecular weight is 383 g/mol. The Morgan fingerprint density at radius 1 is 1.35 bits per heavy atom. The Hall–Kier alpha value is -1.78. The van der Waals surface area contributed by atoms with Crippen LogP contribution in [0.3, 0.4) is 0 Å². The second kappa shape index (κ2) is 7.09. The Morgan fingerprint density at radius 2 is 2.08 bits per heavy atom. The fourth-order valence-electron chi connectivity index (χ4n) is 3.57. The van der Waals surface area contributed by atoms with Gasteiger partial charge in [-0.25, -0.2) is 4.98 Å². The molecule has 1 aromatic rings. The van der Waals surface area contributed by atoms with Gasteiger partial charge in [-0.1, -0.05) is 6.92 Å². The molecule has 10 heteroatoms. The highest BCUT2D eigenvalue weighted by molar-refractivity contribution is 7.86. The molecule has 1 N–H and O–H groups in total. The summed E-state index contributed by atoms with van der Waals surface area (Å²) in [6, 6.07) is -0.249. The Kier molecular flexibility index (Phi) is 5.18. The summed E-state index contributed by atoms with van der Waals surface area (Å²) in [7, 11) is -0.605. The second-order valence-electron chi connectivity index (χ2n) is 6.85. The van der Waals surface area contributed by atoms with E-state index in [2.05, 4.69) is 9.97 Å². The third kappa shape index (κ3) is 3.28. The molecular formula is C16H25N5O4S. The van der Waals surface area contributed by atoms with E-state index in [1.54, 1.807) is 4.90 Å². The zero-order valence-corrected chi connectivity index (χ0v) is 16.2. The minimum Gasteiger partial charge on any atom is -0.333 e. The van der Waals surface area contributed by atoms with Crippen LogP contribution in [0.5, 0.6) is 0 Å². The molecule has 3 rings (SSSR count). The van der Waals surface area contributed by atoms with Gasteiger partial charge >= 0.3 is 0 Å². The first kappa shape index (κ1) is 19.0. The molecule has 9 nitrogen and oxygen atoms in total. The number of likely N-dealkylation sites (tertiary alicyclic amines) is 1. The summed E-state index contributed by atoms with van der Waals surface area (Å²) >= 11 is 0. The van der Waals surface area contributed by atoms with Crippen molar-refractivity contribution in [3.8, 4) is 0 Å². The highest BCUT2D eigenvalue weighted by Crippen LogP contribution is 2.30. The zero-order chi connectivity index (χ0) is 19.1. The Bertz CT molecular complexity index is 864. The van der Waals surface area contributed by atoms with Gasteiger partial charge in [-0.2, -0.15) is 17.0 Å². The van der Waals surface area contributed by atoms with E-state index in [-0.39, 0.29) is 30.6 Å². The third-order valence-corrected chi connectivity index (χ3v) is 6.92. The lowest BCUT2D eigenvalue weighted by atomic mass is 10.1. The van der Waals surface area contributed by atoms with E-state index < -0.39 is 10.2 Å². The maximum atomic E-state index is 12.5. The molecule has 26 heavy (non-hydrogen) atoms. The standard InChI is InChI=1S/C16H25N5O4S/c1-4-14(22)21-8-5-6-13(21)15-17-12-10-20(26(24,25)19(2)3)9-7-11(12)16(23)18-15/h13H,4-10H2,1-3H3,(H,17,18,23). The summed E-state index contributed by atoms with van der Waals surface area (Å²) in [5, 5.41) is 0. The first-order chi connectivity index (χ1) is 12.3. The number of fused-ring (bicyclic) bond motifs is 1. The molecule has 0 radical (unpaired) electrons. The van der Waals surface area contributed by atoms with Crippen molar-refractivity contribution in [1.29, 1.82) is 0 Å². The number of carbonyl (C=O) groups excluding carboxylic acids is 1. The second-order valence-corrected chi connectivity index (χ2v) is 8.99. The maximum Gasteiger partial charge on any atom is 0.281 e. The Balaban J connectivity index is 1.95. The molecule has 0 bridgehead atoms. The number of aromatic nitrogens is 2. The van der Waals surface area contributed by atoms with Gasteiger partial charge in [0.1, 0.15) is 5.82 Å². The van der Waals surface area contributed by atoms with Crippen LogP contribution in [0.4, 0.5) is 0 Å². The van der Waals surface area contributed by atoms with Gasteiger partial charge < -0.3 is 9.88 Å². The zero-order valence-electron chi connectivity index (χ0n) is 15.4. The molecule has 1 amide bonds. The van der Waals surface area contributed by atoms with Crippen molar-refractivity contribution in [3.05, 3.63) is 27.4 Å². The van der Waals surface area contributed by atoms with Crippen molar-refractivity contribution in [2.24, 2.45) is 0 Å². The molecule has 1 unspecified atom stereocenters. The third-order valence-electron chi connectivity index (χ3n) is 5.04. The van der Waals surface area contributed by atoms with Crippen LogP contribution in [0.15, 0.2) is 4.79 Å². The molecule has 3 heterocycles. The normalized spacial score (nSPS) is 21.2. The van der Waals surface area contributed by atoms with Crippen LogP contribution in [0.2, 0.25) is 0 Å². The number of nitrogens with one attached hydrogen (secondary N) is 1. The lowest BCUT2D eigenvalue weighted by molar-refractivity contribution is -0.131. The lowest BCUT2D eigenvalue weighted by Crippen LogP contribution is -2.44. The van der Waals surface area contributed by atoms with Gasteiger partial charge in [0.2, 0.25) is 5.91 Å². The van der Waals surface area contributed by atoms with Crippen molar-refractivity contribution in [3.63, 3.8) is 0 Å². The minimum atomic E-state index is -3.57. The molecule has 0 saturated carbocycles. The summed E-state index contributed by atoms with van der Waals surface area (Å²) in [4.78, 5) is 33.8. The number of hydrogen-bond donors (Lipinski definition) is 1. The number of nitrogens with zero attached hydrogens (tertiary/aromatic N) is 4. The van der Waals surface area contributed by atoms with E-state index in [1.807, 2.05) is 6.92 Å². The predicted octanol–water partition coefficient (Wildman–Crippen LogP) is 0.00790. The van der Waals surface area contributed by atoms with Gasteiger partial charge in [0.05, 0.1) is 18.3 Å². The topological polar surface area (TPSA) is 107 Å². The SMILES string of the molecule is CCC(=O)N1CCCC1c1nc2c(c(=O)[nH]1)CCN(S(=O)(=O)N(C)C)C2. The van der Waals surface area contributed by atoms with Crippen LogP contribution in [0.1, 0.15) is 49.3 Å². The summed E-state index contributed by atoms with van der Waals surface area (Å²) in [5.74, 6) is 0.488. The molecule has 2 aliphatic heterocycles. The molecule has 1 atom stereocenters. The summed E-state index contributed by atoms with van der Waals surface area (Å²) in [6.07, 6.45) is 2.33. The number of amides is 1. The number of hydrogen-bond acceptors (Lipinski definition) is 5. The molecule has 1 aromatic heterocycles. The summed E-state index contributed by atoms with van der Waals surface area (Å²) < 4.78 is 27.3. The monoisotopic (exact) mass is 383 g/mol. The van der Waals surface area contributed by atoms with Crippen LogP contribution in [-0.2, 0) is 28.0 Å². The largest absolute Gasteiger partial charge is 0.333 e. The van der Waals surface area contributed by atoms with Crippen LogP contribution >= 0.6 is 0 Å². The van der Waals surface area contributed by atoms with Gasteiger partial charge in [0.25, 0.3) is 15.8 Å². The van der Waals surface area contributed by atoms with Gasteiger partial charge in [0.15, 0.2) is 0 Å².